The number of hydrogen-bond donors (Lipinski definition) is 0. The van der Waals surface area contributed by atoms with Gasteiger partial charge in [0.2, 0.25) is 0 Å². The number of aryl methyl sites for hydroxylation is 2. The highest BCUT2D eigenvalue weighted by atomic mass is 32.1. The highest BCUT2D eigenvalue weighted by molar-refractivity contribution is 7.22. The smallest absolute Gasteiger partial charge is 0.308 e. The lowest BCUT2D eigenvalue weighted by molar-refractivity contribution is -0.148. The summed E-state index contributed by atoms with van der Waals surface area (Å²) in [6.45, 7) is 5.72. The molecule has 29 heavy (non-hydrogen) atoms. The number of likely N-dealkylation sites (N-methyl/N-ethyl adjacent to an activating group) is 1. The van der Waals surface area contributed by atoms with Gasteiger partial charge in [0, 0.05) is 12.2 Å². The number of nitrogens with zero attached hydrogens (tertiary/aromatic N) is 4. The first-order valence-electron chi connectivity index (χ1n) is 9.25. The number of fused-ring (bicyclic) bond motifs is 1. The third kappa shape index (κ3) is 4.51. The van der Waals surface area contributed by atoms with Crippen molar-refractivity contribution in [3.63, 3.8) is 0 Å². The first-order valence-corrected chi connectivity index (χ1v) is 10.1. The first-order chi connectivity index (χ1) is 13.9. The largest absolute Gasteiger partial charge is 0.455 e. The zero-order chi connectivity index (χ0) is 21.0. The molecule has 3 rings (SSSR count). The van der Waals surface area contributed by atoms with Gasteiger partial charge in [0.15, 0.2) is 18.0 Å². The van der Waals surface area contributed by atoms with Gasteiger partial charge in [-0.1, -0.05) is 23.5 Å². The third-order valence-electron chi connectivity index (χ3n) is 4.57. The van der Waals surface area contributed by atoms with E-state index in [1.54, 1.807) is 18.5 Å². The van der Waals surface area contributed by atoms with Gasteiger partial charge in [0.25, 0.3) is 5.91 Å². The molecule has 1 amide bonds. The minimum Gasteiger partial charge on any atom is -0.455 e. The second kappa shape index (κ2) is 8.95. The van der Waals surface area contributed by atoms with Crippen LogP contribution in [0.1, 0.15) is 35.1 Å². The fraction of sp³-hybridized carbons (Fsp3) is 0.350. The molecule has 2 heterocycles. The van der Waals surface area contributed by atoms with E-state index in [9.17, 15) is 14.4 Å². The number of benzene rings is 1. The number of ether oxygens (including phenoxy) is 1. The molecule has 0 unspecified atom stereocenters. The average molecular weight is 414 g/mol. The molecule has 152 valence electrons. The van der Waals surface area contributed by atoms with Crippen LogP contribution in [0.4, 0.5) is 5.13 Å². The molecule has 0 saturated carbocycles. The van der Waals surface area contributed by atoms with Crippen molar-refractivity contribution in [2.24, 2.45) is 0 Å². The summed E-state index contributed by atoms with van der Waals surface area (Å²) in [5, 5.41) is 4.83. The fourth-order valence-electron chi connectivity index (χ4n) is 2.98. The Morgan fingerprint density at radius 2 is 2.03 bits per heavy atom. The van der Waals surface area contributed by atoms with Crippen LogP contribution in [0.5, 0.6) is 0 Å². The summed E-state index contributed by atoms with van der Waals surface area (Å²) in [4.78, 5) is 41.6. The molecule has 0 atom stereocenters. The molecule has 0 saturated heterocycles. The van der Waals surface area contributed by atoms with E-state index in [-0.39, 0.29) is 25.5 Å². The molecule has 0 radical (unpaired) electrons. The minimum atomic E-state index is -0.501. The summed E-state index contributed by atoms with van der Waals surface area (Å²) >= 11 is 1.42. The Hall–Kier alpha value is -3.07. The molecule has 3 aromatic rings. The lowest BCUT2D eigenvalue weighted by atomic mass is 10.2. The van der Waals surface area contributed by atoms with Gasteiger partial charge in [-0.25, -0.2) is 4.98 Å². The van der Waals surface area contributed by atoms with Gasteiger partial charge in [0.05, 0.1) is 34.4 Å². The van der Waals surface area contributed by atoms with Crippen LogP contribution in [0, 0.1) is 13.8 Å². The van der Waals surface area contributed by atoms with Crippen molar-refractivity contribution in [1.82, 2.24) is 14.8 Å². The van der Waals surface area contributed by atoms with Crippen molar-refractivity contribution in [3.05, 3.63) is 41.2 Å². The topological polar surface area (TPSA) is 94.4 Å². The minimum absolute atomic E-state index is 0.0563. The number of esters is 1. The highest BCUT2D eigenvalue weighted by Gasteiger charge is 2.20. The van der Waals surface area contributed by atoms with E-state index in [2.05, 4.69) is 10.1 Å². The standard InChI is InChI=1S/C20H22N4O4S/c1-4-23(20-21-16-7-5-6-8-17(16)29-20)18(26)12-28-19(27)9-10-24-14(3)15(11-25)13(2)22-24/h5-8,11H,4,9-10,12H2,1-3H3. The summed E-state index contributed by atoms with van der Waals surface area (Å²) in [5.41, 5.74) is 2.68. The highest BCUT2D eigenvalue weighted by Crippen LogP contribution is 2.28. The van der Waals surface area contributed by atoms with Crippen LogP contribution in [0.2, 0.25) is 0 Å². The van der Waals surface area contributed by atoms with Gasteiger partial charge in [-0.05, 0) is 32.9 Å². The molecule has 0 fully saturated rings. The molecule has 9 heteroatoms. The number of amides is 1. The lowest BCUT2D eigenvalue weighted by Gasteiger charge is -2.17. The summed E-state index contributed by atoms with van der Waals surface area (Å²) in [7, 11) is 0. The van der Waals surface area contributed by atoms with Crippen molar-refractivity contribution < 1.29 is 19.1 Å². The number of anilines is 1. The van der Waals surface area contributed by atoms with Gasteiger partial charge in [0.1, 0.15) is 0 Å². The summed E-state index contributed by atoms with van der Waals surface area (Å²) < 4.78 is 7.73. The monoisotopic (exact) mass is 414 g/mol. The van der Waals surface area contributed by atoms with Gasteiger partial charge in [-0.15, -0.1) is 0 Å². The first kappa shape index (κ1) is 20.7. The van der Waals surface area contributed by atoms with Crippen molar-refractivity contribution in [1.29, 1.82) is 0 Å². The van der Waals surface area contributed by atoms with Crippen molar-refractivity contribution in [2.75, 3.05) is 18.1 Å². The normalized spacial score (nSPS) is 10.9. The van der Waals surface area contributed by atoms with Crippen LogP contribution in [-0.2, 0) is 20.9 Å². The number of carbonyl (C=O) groups excluding carboxylic acids is 3. The second-order valence-electron chi connectivity index (χ2n) is 6.44. The summed E-state index contributed by atoms with van der Waals surface area (Å²) in [5.74, 6) is -0.826. The fourth-order valence-corrected chi connectivity index (χ4v) is 4.03. The zero-order valence-corrected chi connectivity index (χ0v) is 17.4. The van der Waals surface area contributed by atoms with Crippen molar-refractivity contribution in [3.8, 4) is 0 Å². The molecule has 1 aromatic carbocycles. The molecule has 0 aliphatic rings. The molecular weight excluding hydrogens is 392 g/mol. The summed E-state index contributed by atoms with van der Waals surface area (Å²) in [6.07, 6.45) is 0.813. The number of carbonyl (C=O) groups is 3. The maximum absolute atomic E-state index is 12.5. The number of hydrogen-bond acceptors (Lipinski definition) is 7. The van der Waals surface area contributed by atoms with Crippen molar-refractivity contribution >= 4 is 44.8 Å². The molecule has 0 N–H and O–H groups in total. The Balaban J connectivity index is 1.56. The van der Waals surface area contributed by atoms with E-state index in [4.69, 9.17) is 4.74 Å². The lowest BCUT2D eigenvalue weighted by Crippen LogP contribution is -2.34. The van der Waals surface area contributed by atoms with Crippen LogP contribution >= 0.6 is 11.3 Å². The van der Waals surface area contributed by atoms with Crippen molar-refractivity contribution in [2.45, 2.75) is 33.7 Å². The van der Waals surface area contributed by atoms with E-state index in [1.165, 1.54) is 16.2 Å². The molecule has 0 spiro atoms. The Morgan fingerprint density at radius 1 is 1.28 bits per heavy atom. The average Bonchev–Trinajstić information content (AvgIpc) is 3.25. The molecule has 0 aliphatic carbocycles. The van der Waals surface area contributed by atoms with E-state index < -0.39 is 5.97 Å². The SMILES string of the molecule is CCN(C(=O)COC(=O)CCn1nc(C)c(C=O)c1C)c1nc2ccccc2s1. The second-order valence-corrected chi connectivity index (χ2v) is 7.45. The van der Waals surface area contributed by atoms with Crippen LogP contribution in [0.25, 0.3) is 10.2 Å². The Morgan fingerprint density at radius 3 is 2.69 bits per heavy atom. The van der Waals surface area contributed by atoms with Crippen LogP contribution in [0.15, 0.2) is 24.3 Å². The molecule has 0 aliphatic heterocycles. The Bertz CT molecular complexity index is 1020. The molecule has 0 bridgehead atoms. The van der Waals surface area contributed by atoms with Gasteiger partial charge >= 0.3 is 5.97 Å². The summed E-state index contributed by atoms with van der Waals surface area (Å²) in [6, 6.07) is 7.66. The van der Waals surface area contributed by atoms with Crippen LogP contribution < -0.4 is 4.90 Å². The quantitative estimate of drug-likeness (QED) is 0.416. The molecule has 8 nitrogen and oxygen atoms in total. The number of rotatable bonds is 8. The molecular formula is C20H22N4O4S. The Kier molecular flexibility index (Phi) is 6.38. The van der Waals surface area contributed by atoms with Gasteiger partial charge in [-0.2, -0.15) is 5.10 Å². The van der Waals surface area contributed by atoms with Gasteiger partial charge < -0.3 is 4.74 Å². The van der Waals surface area contributed by atoms with Crippen LogP contribution in [-0.4, -0.2) is 46.1 Å². The number of para-hydroxylation sites is 1. The number of aromatic nitrogens is 3. The maximum atomic E-state index is 12.5. The number of thiazole rings is 1. The van der Waals surface area contributed by atoms with Crippen LogP contribution in [0.3, 0.4) is 0 Å². The number of aldehydes is 1. The maximum Gasteiger partial charge on any atom is 0.308 e. The molecule has 2 aromatic heterocycles. The van der Waals surface area contributed by atoms with E-state index in [0.29, 0.717) is 28.6 Å². The Labute approximate surface area is 172 Å². The van der Waals surface area contributed by atoms with E-state index in [0.717, 1.165) is 16.5 Å². The van der Waals surface area contributed by atoms with E-state index in [1.807, 2.05) is 31.2 Å². The van der Waals surface area contributed by atoms with Gasteiger partial charge in [-0.3, -0.25) is 24.0 Å². The third-order valence-corrected chi connectivity index (χ3v) is 5.63. The van der Waals surface area contributed by atoms with E-state index >= 15 is 0 Å². The predicted molar refractivity (Wildman–Crippen MR) is 110 cm³/mol. The zero-order valence-electron chi connectivity index (χ0n) is 16.5. The predicted octanol–water partition coefficient (Wildman–Crippen LogP) is 2.91.